The van der Waals surface area contributed by atoms with Gasteiger partial charge in [-0.15, -0.1) is 30.6 Å². The van der Waals surface area contributed by atoms with Crippen molar-refractivity contribution in [3.63, 3.8) is 0 Å². The molecule has 22 aromatic rings. The minimum atomic E-state index is -1.78. The first-order valence-electron chi connectivity index (χ1n) is 40.7. The van der Waals surface area contributed by atoms with Crippen molar-refractivity contribution >= 4 is 98.1 Å². The van der Waals surface area contributed by atoms with Gasteiger partial charge in [0.05, 0.1) is 143 Å². The van der Waals surface area contributed by atoms with Gasteiger partial charge in [0.25, 0.3) is 0 Å². The third kappa shape index (κ3) is 14.5. The van der Waals surface area contributed by atoms with E-state index in [0.717, 1.165) is 112 Å². The Morgan fingerprint density at radius 3 is 0.865 bits per heavy atom. The van der Waals surface area contributed by atoms with Crippen LogP contribution >= 0.6 is 0 Å². The molecule has 0 aliphatic rings. The Labute approximate surface area is 748 Å². The summed E-state index contributed by atoms with van der Waals surface area (Å²) < 4.78 is 89.0. The topological polar surface area (TPSA) is 321 Å². The monoisotopic (exact) mass is 1730 g/mol. The van der Waals surface area contributed by atoms with Gasteiger partial charge in [0, 0.05) is 70.7 Å². The van der Waals surface area contributed by atoms with E-state index in [9.17, 15) is 49.1 Å². The lowest BCUT2D eigenvalue weighted by atomic mass is 9.92. The van der Waals surface area contributed by atoms with Crippen molar-refractivity contribution in [2.45, 2.75) is 0 Å². The number of rotatable bonds is 10. The second-order valence-electron chi connectivity index (χ2n) is 30.6. The number of hydrogen-bond acceptors (Lipinski definition) is 17. The quantitative estimate of drug-likeness (QED) is 0.0697. The maximum absolute atomic E-state index is 15.0. The average Bonchev–Trinajstić information content (AvgIpc) is 1.71. The Hall–Kier alpha value is -19.8. The standard InChI is InChI=1S/C41H20N8.C33H14F4N6.C33H16F2N6/c42-21-25-6-8-27(9-7-25)30-14-15-34-37(20-30)46-40(35-16-17-36-41(39(34)35)48-49(47-36)33-4-2-1-3-5-33)29-12-10-28(11-13-29)38-31(23-44)18-26(22-43)19-32(38)24-45;34-28-23(16-39)29(35)31(37)26(30(28)36)19-10-11-21-25(14-19)40-32(18-8-6-17(15-38)7-9-18)22-12-13-24-33(27(21)22)42-43(41-24)20-4-2-1-3-5-20;34-26-14-20(18-37)15-27(35)30(26)22-10-11-24-29(16-22)38-32(21-8-6-19(17-36)7-9-21)25-12-13-28-33(31(24)25)40-41(39-28)23-4-2-1-3-5-23/h1-20H;1-14H;1-16H. The largest absolute Gasteiger partial charge is 0.247 e. The molecule has 6 aromatic heterocycles. The highest BCUT2D eigenvalue weighted by Gasteiger charge is 2.29. The fraction of sp³-hybridized carbons (Fsp3) is 0. The SMILES string of the molecule is N#Cc1ccc(-c2ccc3c(c2)nc(-c2ccc(-c4c(C#N)cc(C#N)cc4C#N)cc2)c2ccc4nn(-c5ccccc5)nc4c23)cc1.N#Cc1ccc(-c2nc3cc(-c4c(F)c(F)c(C#N)c(F)c4F)ccc3c3c2ccc2nn(-c4ccccc4)nc23)cc1.N#Cc1ccc(-c2nc3cc(-c4c(F)cc(C#N)cc4F)ccc3c3c2ccc2nn(-c4ccccc4)nc23)cc1. The van der Waals surface area contributed by atoms with Crippen LogP contribution in [-0.4, -0.2) is 59.9 Å². The van der Waals surface area contributed by atoms with E-state index in [2.05, 4.69) is 47.6 Å². The first-order chi connectivity index (χ1) is 65.0. The number of pyridine rings is 3. The molecule has 0 bridgehead atoms. The normalized spacial score (nSPS) is 11.0. The van der Waals surface area contributed by atoms with Gasteiger partial charge in [-0.25, -0.2) is 41.3 Å². The molecule has 0 saturated heterocycles. The summed E-state index contributed by atoms with van der Waals surface area (Å²) in [5.74, 6) is -8.59. The van der Waals surface area contributed by atoms with E-state index in [4.69, 9.17) is 51.0 Å². The first kappa shape index (κ1) is 81.6. The summed E-state index contributed by atoms with van der Waals surface area (Å²) >= 11 is 0. The molecular formula is C107H50F6N20. The first-order valence-corrected chi connectivity index (χ1v) is 40.7. The second-order valence-corrected chi connectivity index (χ2v) is 30.6. The van der Waals surface area contributed by atoms with Crippen molar-refractivity contribution in [3.05, 3.63) is 383 Å². The van der Waals surface area contributed by atoms with Crippen LogP contribution in [0.2, 0.25) is 0 Å². The van der Waals surface area contributed by atoms with Crippen LogP contribution in [0.25, 0.3) is 193 Å². The summed E-state index contributed by atoms with van der Waals surface area (Å²) in [6, 6.07) is 105. The molecular weight excluding hydrogens is 1680 g/mol. The maximum atomic E-state index is 15.0. The Kier molecular flexibility index (Phi) is 20.6. The van der Waals surface area contributed by atoms with E-state index in [-0.39, 0.29) is 44.5 Å². The molecule has 0 fully saturated rings. The number of nitrogens with zero attached hydrogens (tertiary/aromatic N) is 20. The molecule has 620 valence electrons. The number of aromatic nitrogens is 12. The Morgan fingerprint density at radius 2 is 0.519 bits per heavy atom. The fourth-order valence-corrected chi connectivity index (χ4v) is 16.6. The molecule has 0 saturated carbocycles. The summed E-state index contributed by atoms with van der Waals surface area (Å²) in [4.78, 5) is 19.7. The molecule has 133 heavy (non-hydrogen) atoms. The van der Waals surface area contributed by atoms with Crippen LogP contribution < -0.4 is 0 Å². The predicted octanol–water partition coefficient (Wildman–Crippen LogP) is 23.8. The summed E-state index contributed by atoms with van der Waals surface area (Å²) in [5.41, 5.74) is 14.8. The molecule has 26 heteroatoms. The number of para-hydroxylation sites is 3. The number of benzene rings is 16. The summed E-state index contributed by atoms with van der Waals surface area (Å²) in [6.45, 7) is 0. The molecule has 0 unspecified atom stereocenters. The van der Waals surface area contributed by atoms with Crippen molar-refractivity contribution in [3.8, 4) is 144 Å². The third-order valence-corrected chi connectivity index (χ3v) is 22.9. The molecule has 0 spiro atoms. The van der Waals surface area contributed by atoms with Gasteiger partial charge < -0.3 is 0 Å². The summed E-state index contributed by atoms with van der Waals surface area (Å²) in [7, 11) is 0. The van der Waals surface area contributed by atoms with Crippen molar-refractivity contribution in [2.75, 3.05) is 0 Å². The highest BCUT2D eigenvalue weighted by Crippen LogP contribution is 2.45. The van der Waals surface area contributed by atoms with Crippen LogP contribution in [0.4, 0.5) is 26.3 Å². The third-order valence-electron chi connectivity index (χ3n) is 22.9. The van der Waals surface area contributed by atoms with Crippen molar-refractivity contribution < 1.29 is 26.3 Å². The Morgan fingerprint density at radius 1 is 0.218 bits per heavy atom. The van der Waals surface area contributed by atoms with Gasteiger partial charge in [-0.3, -0.25) is 0 Å². The molecule has 0 atom stereocenters. The molecule has 20 nitrogen and oxygen atoms in total. The lowest BCUT2D eigenvalue weighted by Crippen LogP contribution is -2.04. The van der Waals surface area contributed by atoms with Gasteiger partial charge in [-0.1, -0.05) is 152 Å². The van der Waals surface area contributed by atoms with Crippen LogP contribution in [0, 0.1) is 126 Å². The summed E-state index contributed by atoms with van der Waals surface area (Å²) in [6.07, 6.45) is 0. The van der Waals surface area contributed by atoms with Gasteiger partial charge in [-0.2, -0.15) is 56.5 Å². The van der Waals surface area contributed by atoms with E-state index in [1.165, 1.54) is 29.1 Å². The van der Waals surface area contributed by atoms with E-state index >= 15 is 8.78 Å². The summed E-state index contributed by atoms with van der Waals surface area (Å²) in [5, 5.41) is 111. The lowest BCUT2D eigenvalue weighted by molar-refractivity contribution is 0.454. The zero-order valence-corrected chi connectivity index (χ0v) is 68.6. The molecule has 0 amide bonds. The maximum Gasteiger partial charge on any atom is 0.180 e. The number of hydrogen-bond donors (Lipinski definition) is 0. The fourth-order valence-electron chi connectivity index (χ4n) is 16.6. The smallest absolute Gasteiger partial charge is 0.180 e. The van der Waals surface area contributed by atoms with Gasteiger partial charge in [-0.05, 0) is 179 Å². The highest BCUT2D eigenvalue weighted by molar-refractivity contribution is 6.24. The van der Waals surface area contributed by atoms with Crippen LogP contribution in [0.15, 0.2) is 303 Å². The van der Waals surface area contributed by atoms with E-state index in [1.807, 2.05) is 188 Å². The van der Waals surface area contributed by atoms with E-state index in [1.54, 1.807) is 88.5 Å². The number of halogens is 6. The minimum absolute atomic E-state index is 0.0966. The zero-order chi connectivity index (χ0) is 91.4. The molecule has 0 radical (unpaired) electrons. The van der Waals surface area contributed by atoms with Crippen LogP contribution in [0.3, 0.4) is 0 Å². The lowest BCUT2D eigenvalue weighted by Gasteiger charge is -2.13. The second kappa shape index (κ2) is 33.6. The minimum Gasteiger partial charge on any atom is -0.247 e. The van der Waals surface area contributed by atoms with Crippen molar-refractivity contribution in [2.24, 2.45) is 0 Å². The molecule has 16 aromatic carbocycles. The molecule has 0 N–H and O–H groups in total. The van der Waals surface area contributed by atoms with Crippen molar-refractivity contribution in [1.82, 2.24) is 59.9 Å². The van der Waals surface area contributed by atoms with Crippen LogP contribution in [0.1, 0.15) is 44.5 Å². The van der Waals surface area contributed by atoms with Gasteiger partial charge in [0.1, 0.15) is 56.4 Å². The Bertz CT molecular complexity index is 8960. The predicted molar refractivity (Wildman–Crippen MR) is 491 cm³/mol. The molecule has 0 aliphatic heterocycles. The van der Waals surface area contributed by atoms with Crippen LogP contribution in [0.5, 0.6) is 0 Å². The van der Waals surface area contributed by atoms with Gasteiger partial charge in [0.15, 0.2) is 23.3 Å². The highest BCUT2D eigenvalue weighted by atomic mass is 19.2. The van der Waals surface area contributed by atoms with E-state index in [0.29, 0.717) is 88.5 Å². The molecule has 0 aliphatic carbocycles. The van der Waals surface area contributed by atoms with E-state index < -0.39 is 46.0 Å². The molecule has 6 heterocycles. The van der Waals surface area contributed by atoms with Gasteiger partial charge in [0.2, 0.25) is 0 Å². The Balaban J connectivity index is 0.000000125. The number of nitriles is 8. The zero-order valence-electron chi connectivity index (χ0n) is 68.6. The molecule has 22 rings (SSSR count). The number of fused-ring (bicyclic) bond motifs is 15. The van der Waals surface area contributed by atoms with Crippen molar-refractivity contribution in [1.29, 1.82) is 42.1 Å². The van der Waals surface area contributed by atoms with Gasteiger partial charge >= 0.3 is 0 Å². The average molecular weight is 1730 g/mol. The van der Waals surface area contributed by atoms with Crippen LogP contribution in [-0.2, 0) is 0 Å².